The zero-order chi connectivity index (χ0) is 19.0. The van der Waals surface area contributed by atoms with Crippen molar-refractivity contribution in [1.29, 1.82) is 0 Å². The van der Waals surface area contributed by atoms with E-state index in [9.17, 15) is 8.42 Å². The first-order valence-electron chi connectivity index (χ1n) is 8.54. The third-order valence-corrected chi connectivity index (χ3v) is 8.00. The topological polar surface area (TPSA) is 59.0 Å². The van der Waals surface area contributed by atoms with Gasteiger partial charge in [0, 0.05) is 10.2 Å². The maximum atomic E-state index is 12.2. The van der Waals surface area contributed by atoms with Crippen LogP contribution in [0, 0.1) is 0 Å². The van der Waals surface area contributed by atoms with Crippen LogP contribution in [0.3, 0.4) is 0 Å². The minimum atomic E-state index is -3.07. The second-order valence-electron chi connectivity index (χ2n) is 6.58. The fourth-order valence-corrected chi connectivity index (χ4v) is 6.65. The van der Waals surface area contributed by atoms with Crippen molar-refractivity contribution < 1.29 is 13.2 Å². The van der Waals surface area contributed by atoms with Gasteiger partial charge in [-0.1, -0.05) is 52.0 Å². The number of rotatable bonds is 4. The zero-order valence-corrected chi connectivity index (χ0v) is 17.9. The van der Waals surface area contributed by atoms with Crippen LogP contribution >= 0.6 is 27.7 Å². The summed E-state index contributed by atoms with van der Waals surface area (Å²) < 4.78 is 30.9. The second-order valence-corrected chi connectivity index (χ2v) is 10.6. The van der Waals surface area contributed by atoms with Gasteiger partial charge in [-0.3, -0.25) is 4.99 Å². The van der Waals surface area contributed by atoms with Crippen LogP contribution in [0.5, 0.6) is 5.75 Å². The molecule has 0 unspecified atom stereocenters. The summed E-state index contributed by atoms with van der Waals surface area (Å²) in [5.74, 6) is 1.73. The van der Waals surface area contributed by atoms with Crippen molar-refractivity contribution in [3.63, 3.8) is 0 Å². The monoisotopic (exact) mass is 466 g/mol. The summed E-state index contributed by atoms with van der Waals surface area (Å²) in [6, 6.07) is 15.5. The van der Waals surface area contributed by atoms with Crippen LogP contribution in [0.15, 0.2) is 58.0 Å². The summed E-state index contributed by atoms with van der Waals surface area (Å²) in [5, 5.41) is 0.854. The summed E-state index contributed by atoms with van der Waals surface area (Å²) >= 11 is 5.08. The molecule has 2 aromatic carbocycles. The van der Waals surface area contributed by atoms with Crippen molar-refractivity contribution >= 4 is 48.4 Å². The van der Waals surface area contributed by atoms with Gasteiger partial charge in [-0.05, 0) is 29.8 Å². The predicted molar refractivity (Wildman–Crippen MR) is 115 cm³/mol. The Morgan fingerprint density at radius 3 is 2.67 bits per heavy atom. The van der Waals surface area contributed by atoms with Gasteiger partial charge in [0.2, 0.25) is 0 Å². The Morgan fingerprint density at radius 2 is 1.93 bits per heavy atom. The molecule has 2 heterocycles. The highest BCUT2D eigenvalue weighted by Gasteiger charge is 2.47. The molecule has 0 amide bonds. The van der Waals surface area contributed by atoms with E-state index in [0.717, 1.165) is 26.8 Å². The molecular formula is C19H19BrN2O3S2. The molecule has 8 heteroatoms. The van der Waals surface area contributed by atoms with E-state index in [4.69, 9.17) is 9.73 Å². The van der Waals surface area contributed by atoms with E-state index in [-0.39, 0.29) is 23.6 Å². The van der Waals surface area contributed by atoms with Crippen molar-refractivity contribution in [3.8, 4) is 5.75 Å². The number of ether oxygens (including phenoxy) is 1. The number of hydrogen-bond acceptors (Lipinski definition) is 6. The molecule has 1 saturated heterocycles. The number of para-hydroxylation sites is 2. The first kappa shape index (κ1) is 18.8. The first-order chi connectivity index (χ1) is 13.0. The van der Waals surface area contributed by atoms with Gasteiger partial charge in [-0.15, -0.1) is 0 Å². The zero-order valence-electron chi connectivity index (χ0n) is 14.7. The largest absolute Gasteiger partial charge is 0.495 e. The molecule has 0 aliphatic carbocycles. The van der Waals surface area contributed by atoms with Crippen molar-refractivity contribution in [1.82, 2.24) is 0 Å². The molecule has 0 saturated carbocycles. The molecule has 2 aliphatic heterocycles. The first-order valence-corrected chi connectivity index (χ1v) is 12.1. The van der Waals surface area contributed by atoms with Gasteiger partial charge in [0.15, 0.2) is 15.0 Å². The van der Waals surface area contributed by atoms with Crippen LogP contribution in [-0.4, -0.2) is 44.3 Å². The van der Waals surface area contributed by atoms with E-state index < -0.39 is 9.84 Å². The number of methoxy groups -OCH3 is 1. The average Bonchev–Trinajstić information content (AvgIpc) is 3.12. The maximum absolute atomic E-state index is 12.2. The minimum Gasteiger partial charge on any atom is -0.495 e. The Kier molecular flexibility index (Phi) is 5.22. The second kappa shape index (κ2) is 7.48. The van der Waals surface area contributed by atoms with Gasteiger partial charge < -0.3 is 9.64 Å². The summed E-state index contributed by atoms with van der Waals surface area (Å²) in [6.07, 6.45) is 0. The third kappa shape index (κ3) is 3.88. The van der Waals surface area contributed by atoms with Gasteiger partial charge in [0.25, 0.3) is 0 Å². The van der Waals surface area contributed by atoms with Crippen LogP contribution in [0.1, 0.15) is 5.56 Å². The smallest absolute Gasteiger partial charge is 0.164 e. The average molecular weight is 467 g/mol. The molecule has 142 valence electrons. The van der Waals surface area contributed by atoms with E-state index in [1.165, 1.54) is 5.56 Å². The van der Waals surface area contributed by atoms with E-state index in [2.05, 4.69) is 33.0 Å². The molecule has 0 radical (unpaired) electrons. The van der Waals surface area contributed by atoms with Crippen LogP contribution in [0.2, 0.25) is 0 Å². The number of hydrogen-bond donors (Lipinski definition) is 0. The molecule has 0 N–H and O–H groups in total. The Balaban J connectivity index is 1.64. The van der Waals surface area contributed by atoms with E-state index >= 15 is 0 Å². The third-order valence-electron chi connectivity index (χ3n) is 4.73. The standard InChI is InChI=1S/C19H19BrN2O3S2/c1-25-18-5-3-2-4-16(18)22-17-12-27(23,24)11-15(17)21-19(22)26-10-13-6-8-14(20)9-7-13/h2-9,15,17H,10-12H2,1H3/t15-,17+/m0/s1. The molecule has 2 aromatic rings. The van der Waals surface area contributed by atoms with Crippen LogP contribution in [0.25, 0.3) is 0 Å². The maximum Gasteiger partial charge on any atom is 0.164 e. The molecule has 5 nitrogen and oxygen atoms in total. The van der Waals surface area contributed by atoms with E-state index in [0.29, 0.717) is 0 Å². The van der Waals surface area contributed by atoms with Gasteiger partial charge in [0.1, 0.15) is 5.75 Å². The number of halogens is 1. The molecule has 0 bridgehead atoms. The number of fused-ring (bicyclic) bond motifs is 1. The molecule has 4 rings (SSSR count). The lowest BCUT2D eigenvalue weighted by molar-refractivity contribution is 0.415. The highest BCUT2D eigenvalue weighted by atomic mass is 79.9. The van der Waals surface area contributed by atoms with Crippen LogP contribution < -0.4 is 9.64 Å². The Hall–Kier alpha value is -1.51. The number of benzene rings is 2. The quantitative estimate of drug-likeness (QED) is 0.686. The Bertz CT molecular complexity index is 977. The lowest BCUT2D eigenvalue weighted by atomic mass is 10.1. The summed E-state index contributed by atoms with van der Waals surface area (Å²) in [4.78, 5) is 6.83. The SMILES string of the molecule is COc1ccccc1N1C(SCc2ccc(Br)cc2)=N[C@H]2CS(=O)(=O)C[C@H]21. The van der Waals surface area contributed by atoms with Gasteiger partial charge in [-0.2, -0.15) is 0 Å². The van der Waals surface area contributed by atoms with E-state index in [1.54, 1.807) is 18.9 Å². The van der Waals surface area contributed by atoms with Crippen molar-refractivity contribution in [2.75, 3.05) is 23.5 Å². The number of nitrogens with zero attached hydrogens (tertiary/aromatic N) is 2. The van der Waals surface area contributed by atoms with Crippen molar-refractivity contribution in [3.05, 3.63) is 58.6 Å². The number of aliphatic imine (C=N–C) groups is 1. The highest BCUT2D eigenvalue weighted by Crippen LogP contribution is 2.39. The minimum absolute atomic E-state index is 0.117. The molecular weight excluding hydrogens is 448 g/mol. The number of anilines is 1. The fraction of sp³-hybridized carbons (Fsp3) is 0.316. The Morgan fingerprint density at radius 1 is 1.19 bits per heavy atom. The molecule has 0 spiro atoms. The van der Waals surface area contributed by atoms with Crippen molar-refractivity contribution in [2.45, 2.75) is 17.8 Å². The van der Waals surface area contributed by atoms with Crippen LogP contribution in [0.4, 0.5) is 5.69 Å². The molecule has 2 aliphatic rings. The lowest BCUT2D eigenvalue weighted by Gasteiger charge is -2.27. The van der Waals surface area contributed by atoms with Gasteiger partial charge in [-0.25, -0.2) is 8.42 Å². The van der Waals surface area contributed by atoms with Gasteiger partial charge in [0.05, 0.1) is 36.4 Å². The van der Waals surface area contributed by atoms with Crippen LogP contribution in [-0.2, 0) is 15.6 Å². The fourth-order valence-electron chi connectivity index (χ4n) is 3.47. The highest BCUT2D eigenvalue weighted by molar-refractivity contribution is 9.10. The predicted octanol–water partition coefficient (Wildman–Crippen LogP) is 3.73. The Labute approximate surface area is 171 Å². The molecule has 2 atom stereocenters. The summed E-state index contributed by atoms with van der Waals surface area (Å²) in [7, 11) is -1.44. The molecule has 27 heavy (non-hydrogen) atoms. The van der Waals surface area contributed by atoms with E-state index in [1.807, 2.05) is 36.4 Å². The normalized spacial score (nSPS) is 23.2. The van der Waals surface area contributed by atoms with Gasteiger partial charge >= 0.3 is 0 Å². The summed E-state index contributed by atoms with van der Waals surface area (Å²) in [6.45, 7) is 0. The number of sulfone groups is 1. The van der Waals surface area contributed by atoms with Crippen molar-refractivity contribution in [2.24, 2.45) is 4.99 Å². The summed E-state index contributed by atoms with van der Waals surface area (Å²) in [5.41, 5.74) is 2.06. The molecule has 1 fully saturated rings. The lowest BCUT2D eigenvalue weighted by Crippen LogP contribution is -2.39. The molecule has 0 aromatic heterocycles. The number of thioether (sulfide) groups is 1. The number of amidine groups is 1.